The minimum Gasteiger partial charge on any atom is -0.497 e. The summed E-state index contributed by atoms with van der Waals surface area (Å²) < 4.78 is 23.7. The van der Waals surface area contributed by atoms with Gasteiger partial charge in [-0.1, -0.05) is 12.1 Å². The molecular weight excluding hydrogens is 406 g/mol. The summed E-state index contributed by atoms with van der Waals surface area (Å²) in [6.07, 6.45) is 0. The maximum atomic E-state index is 14.1. The first-order valence-corrected chi connectivity index (χ1v) is 8.49. The molecule has 0 amide bonds. The highest BCUT2D eigenvalue weighted by molar-refractivity contribution is 9.10. The summed E-state index contributed by atoms with van der Waals surface area (Å²) in [5.41, 5.74) is 1.71. The van der Waals surface area contributed by atoms with Crippen LogP contribution in [0.3, 0.4) is 0 Å². The van der Waals surface area contributed by atoms with E-state index in [1.54, 1.807) is 13.2 Å². The zero-order valence-electron chi connectivity index (χ0n) is 12.4. The first-order valence-electron chi connectivity index (χ1n) is 6.94. The normalized spacial score (nSPS) is 21.8. The van der Waals surface area contributed by atoms with E-state index in [1.807, 2.05) is 24.3 Å². The molecule has 122 valence electrons. The summed E-state index contributed by atoms with van der Waals surface area (Å²) >= 11 is 16.1. The van der Waals surface area contributed by atoms with Gasteiger partial charge in [-0.2, -0.15) is 0 Å². The first-order chi connectivity index (χ1) is 10.9. The molecule has 23 heavy (non-hydrogen) atoms. The van der Waals surface area contributed by atoms with Crippen LogP contribution in [0.1, 0.15) is 23.0 Å². The molecule has 1 aliphatic carbocycles. The molecule has 2 nitrogen and oxygen atoms in total. The second-order valence-electron chi connectivity index (χ2n) is 5.42. The average molecular weight is 420 g/mol. The summed E-state index contributed by atoms with van der Waals surface area (Å²) in [4.78, 5) is 0. The van der Waals surface area contributed by atoms with Crippen LogP contribution in [-0.2, 0) is 0 Å². The van der Waals surface area contributed by atoms with Crippen LogP contribution < -0.4 is 9.47 Å². The van der Waals surface area contributed by atoms with E-state index in [1.165, 1.54) is 13.2 Å². The van der Waals surface area contributed by atoms with Crippen LogP contribution >= 0.6 is 39.1 Å². The van der Waals surface area contributed by atoms with Crippen LogP contribution in [0.5, 0.6) is 11.5 Å². The Labute approximate surface area is 152 Å². The Morgan fingerprint density at radius 2 is 1.61 bits per heavy atom. The van der Waals surface area contributed by atoms with Crippen molar-refractivity contribution >= 4 is 39.1 Å². The van der Waals surface area contributed by atoms with Crippen LogP contribution in [0.15, 0.2) is 40.9 Å². The van der Waals surface area contributed by atoms with E-state index in [4.69, 9.17) is 32.7 Å². The van der Waals surface area contributed by atoms with Crippen molar-refractivity contribution in [3.05, 3.63) is 57.8 Å². The van der Waals surface area contributed by atoms with Gasteiger partial charge in [0.15, 0.2) is 0 Å². The van der Waals surface area contributed by atoms with Gasteiger partial charge >= 0.3 is 0 Å². The predicted molar refractivity (Wildman–Crippen MR) is 93.6 cm³/mol. The standard InChI is InChI=1S/C17H14BrCl2FO2/c1-22-11-5-3-9(4-6-11)14-15(17(14,19)20)10-7-12(21)16(18)13(8-10)23-2/h3-8,14-15H,1-2H3. The summed E-state index contributed by atoms with van der Waals surface area (Å²) in [6, 6.07) is 10.8. The van der Waals surface area contributed by atoms with Crippen molar-refractivity contribution in [1.82, 2.24) is 0 Å². The number of halogens is 4. The van der Waals surface area contributed by atoms with Crippen molar-refractivity contribution in [3.8, 4) is 11.5 Å². The van der Waals surface area contributed by atoms with Gasteiger partial charge < -0.3 is 9.47 Å². The molecule has 0 bridgehead atoms. The van der Waals surface area contributed by atoms with E-state index in [0.29, 0.717) is 15.8 Å². The SMILES string of the molecule is COc1ccc(C2C(c3cc(F)c(Br)c(OC)c3)C2(Cl)Cl)cc1. The molecule has 6 heteroatoms. The van der Waals surface area contributed by atoms with E-state index in [9.17, 15) is 4.39 Å². The Bertz CT molecular complexity index is 734. The lowest BCUT2D eigenvalue weighted by Crippen LogP contribution is -1.94. The molecule has 3 rings (SSSR count). The highest BCUT2D eigenvalue weighted by atomic mass is 79.9. The maximum absolute atomic E-state index is 14.1. The number of ether oxygens (including phenoxy) is 2. The number of hydrogen-bond acceptors (Lipinski definition) is 2. The van der Waals surface area contributed by atoms with Crippen LogP contribution in [-0.4, -0.2) is 18.6 Å². The number of hydrogen-bond donors (Lipinski definition) is 0. The van der Waals surface area contributed by atoms with Crippen molar-refractivity contribution in [1.29, 1.82) is 0 Å². The fourth-order valence-electron chi connectivity index (χ4n) is 2.88. The molecule has 2 unspecified atom stereocenters. The number of methoxy groups -OCH3 is 2. The number of benzene rings is 2. The molecule has 1 saturated carbocycles. The van der Waals surface area contributed by atoms with Gasteiger partial charge in [-0.15, -0.1) is 23.2 Å². The zero-order chi connectivity index (χ0) is 16.8. The van der Waals surface area contributed by atoms with E-state index in [2.05, 4.69) is 15.9 Å². The van der Waals surface area contributed by atoms with Gasteiger partial charge in [-0.25, -0.2) is 4.39 Å². The Morgan fingerprint density at radius 3 is 2.17 bits per heavy atom. The van der Waals surface area contributed by atoms with Crippen LogP contribution in [0.25, 0.3) is 0 Å². The predicted octanol–water partition coefficient (Wildman–Crippen LogP) is 5.66. The highest BCUT2D eigenvalue weighted by Crippen LogP contribution is 2.70. The van der Waals surface area contributed by atoms with Crippen molar-refractivity contribution in [2.24, 2.45) is 0 Å². The second-order valence-corrected chi connectivity index (χ2v) is 7.66. The minimum atomic E-state index is -0.972. The average Bonchev–Trinajstić information content (AvgIpc) is 3.12. The molecule has 0 heterocycles. The van der Waals surface area contributed by atoms with Gasteiger partial charge in [0.05, 0.1) is 18.7 Å². The van der Waals surface area contributed by atoms with E-state index >= 15 is 0 Å². The summed E-state index contributed by atoms with van der Waals surface area (Å²) in [5.74, 6) is 0.475. The van der Waals surface area contributed by atoms with Gasteiger partial charge in [0, 0.05) is 11.8 Å². The van der Waals surface area contributed by atoms with Gasteiger partial charge in [-0.3, -0.25) is 0 Å². The van der Waals surface area contributed by atoms with Crippen LogP contribution in [0.4, 0.5) is 4.39 Å². The number of alkyl halides is 2. The molecule has 0 aromatic heterocycles. The van der Waals surface area contributed by atoms with E-state index in [-0.39, 0.29) is 11.8 Å². The van der Waals surface area contributed by atoms with Crippen molar-refractivity contribution in [2.75, 3.05) is 14.2 Å². The molecule has 0 radical (unpaired) electrons. The van der Waals surface area contributed by atoms with Crippen molar-refractivity contribution in [3.63, 3.8) is 0 Å². The second kappa shape index (κ2) is 6.15. The quantitative estimate of drug-likeness (QED) is 0.595. The lowest BCUT2D eigenvalue weighted by Gasteiger charge is -2.08. The molecule has 2 aromatic rings. The first kappa shape index (κ1) is 16.9. The Kier molecular flexibility index (Phi) is 4.51. The smallest absolute Gasteiger partial charge is 0.141 e. The Morgan fingerprint density at radius 1 is 1.00 bits per heavy atom. The van der Waals surface area contributed by atoms with Crippen LogP contribution in [0, 0.1) is 5.82 Å². The third kappa shape index (κ3) is 2.92. The Hall–Kier alpha value is -0.970. The lowest BCUT2D eigenvalue weighted by atomic mass is 10.0. The monoisotopic (exact) mass is 418 g/mol. The van der Waals surface area contributed by atoms with Gasteiger partial charge in [-0.05, 0) is 51.3 Å². The molecule has 0 spiro atoms. The molecule has 1 aliphatic rings. The lowest BCUT2D eigenvalue weighted by molar-refractivity contribution is 0.407. The third-order valence-electron chi connectivity index (χ3n) is 4.12. The van der Waals surface area contributed by atoms with E-state index < -0.39 is 10.2 Å². The van der Waals surface area contributed by atoms with Gasteiger partial charge in [0.2, 0.25) is 0 Å². The summed E-state index contributed by atoms with van der Waals surface area (Å²) in [5, 5.41) is 0. The highest BCUT2D eigenvalue weighted by Gasteiger charge is 2.64. The summed E-state index contributed by atoms with van der Waals surface area (Å²) in [7, 11) is 3.10. The van der Waals surface area contributed by atoms with Crippen molar-refractivity contribution < 1.29 is 13.9 Å². The molecular formula is C17H14BrCl2FO2. The molecule has 2 atom stereocenters. The summed E-state index contributed by atoms with van der Waals surface area (Å²) in [6.45, 7) is 0. The fourth-order valence-corrected chi connectivity index (χ4v) is 4.15. The number of rotatable bonds is 4. The molecule has 0 aliphatic heterocycles. The maximum Gasteiger partial charge on any atom is 0.141 e. The molecule has 0 N–H and O–H groups in total. The largest absolute Gasteiger partial charge is 0.497 e. The van der Waals surface area contributed by atoms with Crippen molar-refractivity contribution in [2.45, 2.75) is 16.2 Å². The fraction of sp³-hybridized carbons (Fsp3) is 0.294. The Balaban J connectivity index is 1.95. The molecule has 1 fully saturated rings. The van der Waals surface area contributed by atoms with Gasteiger partial charge in [0.1, 0.15) is 21.6 Å². The van der Waals surface area contributed by atoms with E-state index in [0.717, 1.165) is 11.3 Å². The third-order valence-corrected chi connectivity index (χ3v) is 5.83. The van der Waals surface area contributed by atoms with Crippen LogP contribution in [0.2, 0.25) is 0 Å². The molecule has 0 saturated heterocycles. The zero-order valence-corrected chi connectivity index (χ0v) is 15.5. The minimum absolute atomic E-state index is 0.109. The van der Waals surface area contributed by atoms with Gasteiger partial charge in [0.25, 0.3) is 0 Å². The topological polar surface area (TPSA) is 18.5 Å². The molecule has 2 aromatic carbocycles.